The number of nitrogens with zero attached hydrogens (tertiary/aromatic N) is 1. The third-order valence-corrected chi connectivity index (χ3v) is 4.72. The Hall–Kier alpha value is -3.60. The van der Waals surface area contributed by atoms with Gasteiger partial charge >= 0.3 is 0 Å². The third-order valence-electron chi connectivity index (χ3n) is 4.72. The number of amides is 2. The van der Waals surface area contributed by atoms with E-state index in [0.29, 0.717) is 17.8 Å². The van der Waals surface area contributed by atoms with Gasteiger partial charge < -0.3 is 15.5 Å². The molecule has 0 spiro atoms. The van der Waals surface area contributed by atoms with Crippen molar-refractivity contribution in [2.24, 2.45) is 0 Å². The minimum Gasteiger partial charge on any atom is -0.376 e. The second-order valence-corrected chi connectivity index (χ2v) is 7.24. The molecule has 0 unspecified atom stereocenters. The second-order valence-electron chi connectivity index (χ2n) is 7.24. The van der Waals surface area contributed by atoms with Gasteiger partial charge in [0.25, 0.3) is 5.91 Å². The number of nitrogens with one attached hydrogen (secondary N) is 2. The molecule has 3 rings (SSSR count). The molecule has 0 saturated carbocycles. The van der Waals surface area contributed by atoms with E-state index in [4.69, 9.17) is 0 Å². The Kier molecular flexibility index (Phi) is 6.86. The van der Waals surface area contributed by atoms with Crippen molar-refractivity contribution in [2.45, 2.75) is 20.8 Å². The van der Waals surface area contributed by atoms with Gasteiger partial charge in [-0.05, 0) is 80.4 Å². The lowest BCUT2D eigenvalue weighted by Crippen LogP contribution is -2.30. The lowest BCUT2D eigenvalue weighted by atomic mass is 10.1. The maximum Gasteiger partial charge on any atom is 0.258 e. The maximum atomic E-state index is 12.9. The molecule has 154 valence electrons. The molecule has 0 aromatic heterocycles. The first kappa shape index (κ1) is 21.1. The van der Waals surface area contributed by atoms with Crippen LogP contribution in [0.2, 0.25) is 0 Å². The summed E-state index contributed by atoms with van der Waals surface area (Å²) < 4.78 is 0. The standard InChI is InChI=1S/C25H27N3O2/c1-4-28(23-8-6-5-7-9-23)25(30)20-10-12-21(13-11-20)27-24(29)17-26-22-15-18(2)14-19(3)16-22/h5-16,26H,4,17H2,1-3H3,(H,27,29). The van der Waals surface area contributed by atoms with Gasteiger partial charge in [0.1, 0.15) is 0 Å². The second kappa shape index (κ2) is 9.74. The van der Waals surface area contributed by atoms with Crippen LogP contribution in [0, 0.1) is 13.8 Å². The van der Waals surface area contributed by atoms with Gasteiger partial charge in [0, 0.05) is 29.2 Å². The molecular weight excluding hydrogens is 374 g/mol. The molecule has 30 heavy (non-hydrogen) atoms. The number of hydrogen-bond acceptors (Lipinski definition) is 3. The predicted octanol–water partition coefficient (Wildman–Crippen LogP) is 5.02. The van der Waals surface area contributed by atoms with Crippen molar-refractivity contribution in [2.75, 3.05) is 28.6 Å². The zero-order valence-electron chi connectivity index (χ0n) is 17.6. The topological polar surface area (TPSA) is 61.4 Å². The Morgan fingerprint density at radius 1 is 0.833 bits per heavy atom. The molecule has 0 aliphatic rings. The van der Waals surface area contributed by atoms with Crippen LogP contribution in [0.25, 0.3) is 0 Å². The molecule has 5 heteroatoms. The van der Waals surface area contributed by atoms with Gasteiger partial charge in [-0.15, -0.1) is 0 Å². The molecule has 0 bridgehead atoms. The largest absolute Gasteiger partial charge is 0.376 e. The van der Waals surface area contributed by atoms with Crippen LogP contribution in [-0.4, -0.2) is 24.9 Å². The van der Waals surface area contributed by atoms with Crippen molar-refractivity contribution in [3.8, 4) is 0 Å². The highest BCUT2D eigenvalue weighted by Crippen LogP contribution is 2.18. The fraction of sp³-hybridized carbons (Fsp3) is 0.200. The molecule has 3 aromatic carbocycles. The van der Waals surface area contributed by atoms with Gasteiger partial charge in [0.15, 0.2) is 0 Å². The zero-order chi connectivity index (χ0) is 21.5. The van der Waals surface area contributed by atoms with Crippen LogP contribution >= 0.6 is 0 Å². The Morgan fingerprint density at radius 2 is 1.47 bits per heavy atom. The fourth-order valence-electron chi connectivity index (χ4n) is 3.37. The van der Waals surface area contributed by atoms with Crippen LogP contribution in [0.15, 0.2) is 72.8 Å². The van der Waals surface area contributed by atoms with Crippen LogP contribution < -0.4 is 15.5 Å². The molecule has 5 nitrogen and oxygen atoms in total. The van der Waals surface area contributed by atoms with Crippen molar-refractivity contribution in [1.82, 2.24) is 0 Å². The summed E-state index contributed by atoms with van der Waals surface area (Å²) in [6.07, 6.45) is 0. The Morgan fingerprint density at radius 3 is 2.07 bits per heavy atom. The quantitative estimate of drug-likeness (QED) is 0.584. The van der Waals surface area contributed by atoms with Crippen molar-refractivity contribution >= 4 is 28.9 Å². The van der Waals surface area contributed by atoms with Crippen molar-refractivity contribution in [3.63, 3.8) is 0 Å². The van der Waals surface area contributed by atoms with Gasteiger partial charge in [0.05, 0.1) is 6.54 Å². The minimum absolute atomic E-state index is 0.0712. The summed E-state index contributed by atoms with van der Waals surface area (Å²) in [5.74, 6) is -0.217. The molecule has 0 aliphatic carbocycles. The number of anilines is 3. The number of aryl methyl sites for hydroxylation is 2. The van der Waals surface area contributed by atoms with Gasteiger partial charge in [0.2, 0.25) is 5.91 Å². The summed E-state index contributed by atoms with van der Waals surface area (Å²) in [7, 11) is 0. The Bertz CT molecular complexity index is 994. The molecule has 0 atom stereocenters. The molecule has 2 amide bonds. The number of hydrogen-bond donors (Lipinski definition) is 2. The first-order chi connectivity index (χ1) is 14.5. The van der Waals surface area contributed by atoms with Crippen LogP contribution in [0.1, 0.15) is 28.4 Å². The molecule has 2 N–H and O–H groups in total. The first-order valence-electron chi connectivity index (χ1n) is 10.1. The molecular formula is C25H27N3O2. The Labute approximate surface area is 177 Å². The summed E-state index contributed by atoms with van der Waals surface area (Å²) in [5, 5.41) is 6.00. The van der Waals surface area contributed by atoms with E-state index in [1.54, 1.807) is 29.2 Å². The average Bonchev–Trinajstić information content (AvgIpc) is 2.73. The number of carbonyl (C=O) groups excluding carboxylic acids is 2. The van der Waals surface area contributed by atoms with E-state index >= 15 is 0 Å². The highest BCUT2D eigenvalue weighted by atomic mass is 16.2. The molecule has 3 aromatic rings. The van der Waals surface area contributed by atoms with E-state index in [9.17, 15) is 9.59 Å². The van der Waals surface area contributed by atoms with Gasteiger partial charge in [-0.25, -0.2) is 0 Å². The summed E-state index contributed by atoms with van der Waals surface area (Å²) in [4.78, 5) is 26.8. The van der Waals surface area contributed by atoms with E-state index in [1.807, 2.05) is 63.2 Å². The average molecular weight is 402 g/mol. The number of carbonyl (C=O) groups is 2. The predicted molar refractivity (Wildman–Crippen MR) is 123 cm³/mol. The summed E-state index contributed by atoms with van der Waals surface area (Å²) in [6, 6.07) is 22.7. The number of rotatable bonds is 7. The maximum absolute atomic E-state index is 12.9. The smallest absolute Gasteiger partial charge is 0.258 e. The molecule has 0 aliphatic heterocycles. The van der Waals surface area contributed by atoms with Gasteiger partial charge in [-0.3, -0.25) is 9.59 Å². The van der Waals surface area contributed by atoms with Gasteiger partial charge in [-0.1, -0.05) is 24.3 Å². The normalized spacial score (nSPS) is 10.4. The zero-order valence-corrected chi connectivity index (χ0v) is 17.6. The van der Waals surface area contributed by atoms with Crippen molar-refractivity contribution < 1.29 is 9.59 Å². The Balaban J connectivity index is 1.59. The fourth-order valence-corrected chi connectivity index (χ4v) is 3.37. The van der Waals surface area contributed by atoms with Crippen molar-refractivity contribution in [3.05, 3.63) is 89.5 Å². The highest BCUT2D eigenvalue weighted by molar-refractivity contribution is 6.06. The third kappa shape index (κ3) is 5.47. The highest BCUT2D eigenvalue weighted by Gasteiger charge is 2.15. The number of benzene rings is 3. The molecule has 0 fully saturated rings. The van der Waals surface area contributed by atoms with E-state index in [-0.39, 0.29) is 18.4 Å². The number of para-hydroxylation sites is 1. The first-order valence-corrected chi connectivity index (χ1v) is 10.1. The minimum atomic E-state index is -0.146. The van der Waals surface area contributed by atoms with Crippen LogP contribution in [0.4, 0.5) is 17.1 Å². The lowest BCUT2D eigenvalue weighted by molar-refractivity contribution is -0.114. The summed E-state index contributed by atoms with van der Waals surface area (Å²) in [6.45, 7) is 6.74. The van der Waals surface area contributed by atoms with Crippen molar-refractivity contribution in [1.29, 1.82) is 0 Å². The monoisotopic (exact) mass is 401 g/mol. The van der Waals surface area contributed by atoms with Crippen LogP contribution in [0.5, 0.6) is 0 Å². The molecule has 0 saturated heterocycles. The summed E-state index contributed by atoms with van der Waals surface area (Å²) in [5.41, 5.74) is 5.31. The van der Waals surface area contributed by atoms with Gasteiger partial charge in [-0.2, -0.15) is 0 Å². The van der Waals surface area contributed by atoms with Crippen LogP contribution in [0.3, 0.4) is 0 Å². The van der Waals surface area contributed by atoms with Crippen LogP contribution in [-0.2, 0) is 4.79 Å². The van der Waals surface area contributed by atoms with E-state index in [0.717, 1.165) is 22.5 Å². The van der Waals surface area contributed by atoms with E-state index < -0.39 is 0 Å². The SMILES string of the molecule is CCN(C(=O)c1ccc(NC(=O)CNc2cc(C)cc(C)c2)cc1)c1ccccc1. The van der Waals surface area contributed by atoms with E-state index in [2.05, 4.69) is 16.7 Å². The summed E-state index contributed by atoms with van der Waals surface area (Å²) >= 11 is 0. The molecule has 0 heterocycles. The van der Waals surface area contributed by atoms with E-state index in [1.165, 1.54) is 0 Å². The molecule has 0 radical (unpaired) electrons. The lowest BCUT2D eigenvalue weighted by Gasteiger charge is -2.21.